The summed E-state index contributed by atoms with van der Waals surface area (Å²) >= 11 is 7.18. The topological polar surface area (TPSA) is 98.1 Å². The molecule has 0 aliphatic heterocycles. The monoisotopic (exact) mass is 477 g/mol. The van der Waals surface area contributed by atoms with Crippen molar-refractivity contribution in [2.75, 3.05) is 18.2 Å². The standard InChI is InChI=1S/C21H21ClFN5O3S/c1-12(24-20(30)13-4-7-15(23)8-5-13)19-26-27-21(28(19)2)32-11-18(29)25-16-10-14(22)6-9-17(16)31-3/h4-10,12H,11H2,1-3H3,(H,24,30)(H,25,29). The highest BCUT2D eigenvalue weighted by atomic mass is 35.5. The van der Waals surface area contributed by atoms with Crippen molar-refractivity contribution in [1.82, 2.24) is 20.1 Å². The summed E-state index contributed by atoms with van der Waals surface area (Å²) in [4.78, 5) is 24.7. The number of hydrogen-bond donors (Lipinski definition) is 2. The Hall–Kier alpha value is -3.11. The average molecular weight is 478 g/mol. The van der Waals surface area contributed by atoms with Crippen LogP contribution in [0.1, 0.15) is 29.1 Å². The van der Waals surface area contributed by atoms with Gasteiger partial charge in [0.1, 0.15) is 11.6 Å². The van der Waals surface area contributed by atoms with E-state index >= 15 is 0 Å². The second kappa shape index (κ2) is 10.5. The molecule has 8 nitrogen and oxygen atoms in total. The number of hydrogen-bond acceptors (Lipinski definition) is 6. The number of carbonyl (C=O) groups is 2. The molecule has 3 aromatic rings. The van der Waals surface area contributed by atoms with Crippen molar-refractivity contribution in [3.8, 4) is 5.75 Å². The van der Waals surface area contributed by atoms with Crippen molar-refractivity contribution in [2.45, 2.75) is 18.1 Å². The van der Waals surface area contributed by atoms with E-state index in [1.807, 2.05) is 0 Å². The zero-order valence-corrected chi connectivity index (χ0v) is 19.1. The summed E-state index contributed by atoms with van der Waals surface area (Å²) in [5.41, 5.74) is 0.810. The molecule has 0 aliphatic carbocycles. The van der Waals surface area contributed by atoms with Crippen molar-refractivity contribution in [1.29, 1.82) is 0 Å². The largest absolute Gasteiger partial charge is 0.495 e. The summed E-state index contributed by atoms with van der Waals surface area (Å²) in [6, 6.07) is 9.75. The van der Waals surface area contributed by atoms with Gasteiger partial charge in [-0.2, -0.15) is 0 Å². The molecular weight excluding hydrogens is 457 g/mol. The molecule has 168 valence electrons. The Bertz CT molecular complexity index is 1120. The Labute approximate surface area is 193 Å². The fraction of sp³-hybridized carbons (Fsp3) is 0.238. The van der Waals surface area contributed by atoms with E-state index in [4.69, 9.17) is 16.3 Å². The molecular formula is C21H21ClFN5O3S. The Kier molecular flexibility index (Phi) is 7.70. The molecule has 0 fully saturated rings. The lowest BCUT2D eigenvalue weighted by Gasteiger charge is -2.14. The third-order valence-electron chi connectivity index (χ3n) is 4.48. The molecule has 2 aromatic carbocycles. The molecule has 0 radical (unpaired) electrons. The Morgan fingerprint density at radius 3 is 2.62 bits per heavy atom. The predicted molar refractivity (Wildman–Crippen MR) is 121 cm³/mol. The molecule has 2 N–H and O–H groups in total. The fourth-order valence-corrected chi connectivity index (χ4v) is 3.76. The quantitative estimate of drug-likeness (QED) is 0.478. The number of amides is 2. The number of ether oxygens (including phenoxy) is 1. The van der Waals surface area contributed by atoms with Crippen molar-refractivity contribution in [2.24, 2.45) is 7.05 Å². The molecule has 1 unspecified atom stereocenters. The average Bonchev–Trinajstić information content (AvgIpc) is 3.13. The first-order chi connectivity index (χ1) is 15.3. The van der Waals surface area contributed by atoms with E-state index in [1.165, 1.54) is 43.1 Å². The Balaban J connectivity index is 1.59. The van der Waals surface area contributed by atoms with Crippen molar-refractivity contribution < 1.29 is 18.7 Å². The van der Waals surface area contributed by atoms with Crippen LogP contribution in [0.2, 0.25) is 5.02 Å². The first-order valence-electron chi connectivity index (χ1n) is 9.50. The van der Waals surface area contributed by atoms with Crippen LogP contribution in [0.5, 0.6) is 5.75 Å². The van der Waals surface area contributed by atoms with Gasteiger partial charge in [0.15, 0.2) is 11.0 Å². The minimum absolute atomic E-state index is 0.0813. The van der Waals surface area contributed by atoms with Crippen LogP contribution in [-0.4, -0.2) is 39.4 Å². The third kappa shape index (κ3) is 5.77. The van der Waals surface area contributed by atoms with Crippen LogP contribution < -0.4 is 15.4 Å². The summed E-state index contributed by atoms with van der Waals surface area (Å²) < 4.78 is 20.0. The highest BCUT2D eigenvalue weighted by Crippen LogP contribution is 2.28. The van der Waals surface area contributed by atoms with E-state index in [9.17, 15) is 14.0 Å². The van der Waals surface area contributed by atoms with Crippen LogP contribution in [0, 0.1) is 5.82 Å². The van der Waals surface area contributed by atoms with Gasteiger partial charge in [-0.1, -0.05) is 23.4 Å². The van der Waals surface area contributed by atoms with Gasteiger partial charge in [-0.3, -0.25) is 9.59 Å². The maximum absolute atomic E-state index is 13.0. The molecule has 1 atom stereocenters. The lowest BCUT2D eigenvalue weighted by molar-refractivity contribution is -0.113. The van der Waals surface area contributed by atoms with Crippen LogP contribution in [0.4, 0.5) is 10.1 Å². The van der Waals surface area contributed by atoms with E-state index in [0.717, 1.165) is 0 Å². The molecule has 0 saturated heterocycles. The number of aromatic nitrogens is 3. The van der Waals surface area contributed by atoms with Crippen LogP contribution in [0.3, 0.4) is 0 Å². The number of methoxy groups -OCH3 is 1. The van der Waals surface area contributed by atoms with Gasteiger partial charge in [-0.25, -0.2) is 4.39 Å². The van der Waals surface area contributed by atoms with Crippen LogP contribution in [0.15, 0.2) is 47.6 Å². The second-order valence-corrected chi connectivity index (χ2v) is 8.16. The molecule has 32 heavy (non-hydrogen) atoms. The normalized spacial score (nSPS) is 11.7. The highest BCUT2D eigenvalue weighted by Gasteiger charge is 2.19. The summed E-state index contributed by atoms with van der Waals surface area (Å²) in [5.74, 6) is 0.0573. The number of rotatable bonds is 8. The minimum Gasteiger partial charge on any atom is -0.495 e. The first kappa shape index (κ1) is 23.6. The van der Waals surface area contributed by atoms with Gasteiger partial charge in [0.2, 0.25) is 5.91 Å². The van der Waals surface area contributed by atoms with E-state index in [1.54, 1.807) is 36.7 Å². The summed E-state index contributed by atoms with van der Waals surface area (Å²) in [5, 5.41) is 14.8. The van der Waals surface area contributed by atoms with Crippen LogP contribution in [0.25, 0.3) is 0 Å². The lowest BCUT2D eigenvalue weighted by Crippen LogP contribution is -2.28. The SMILES string of the molecule is COc1ccc(Cl)cc1NC(=O)CSc1nnc(C(C)NC(=O)c2ccc(F)cc2)n1C. The summed E-state index contributed by atoms with van der Waals surface area (Å²) in [7, 11) is 3.25. The summed E-state index contributed by atoms with van der Waals surface area (Å²) in [6.45, 7) is 1.76. The highest BCUT2D eigenvalue weighted by molar-refractivity contribution is 7.99. The molecule has 2 amide bonds. The predicted octanol–water partition coefficient (Wildman–Crippen LogP) is 3.84. The van der Waals surface area contributed by atoms with Gasteiger partial charge in [0.25, 0.3) is 5.91 Å². The number of nitrogens with zero attached hydrogens (tertiary/aromatic N) is 3. The molecule has 1 heterocycles. The van der Waals surface area contributed by atoms with Gasteiger partial charge in [0, 0.05) is 17.6 Å². The number of benzene rings is 2. The summed E-state index contributed by atoms with van der Waals surface area (Å²) in [6.07, 6.45) is 0. The number of halogens is 2. The van der Waals surface area contributed by atoms with Gasteiger partial charge in [0.05, 0.1) is 24.6 Å². The van der Waals surface area contributed by atoms with Crippen LogP contribution >= 0.6 is 23.4 Å². The number of nitrogens with one attached hydrogen (secondary N) is 2. The maximum Gasteiger partial charge on any atom is 0.251 e. The lowest BCUT2D eigenvalue weighted by atomic mass is 10.2. The Morgan fingerprint density at radius 1 is 1.22 bits per heavy atom. The van der Waals surface area contributed by atoms with Crippen molar-refractivity contribution >= 4 is 40.9 Å². The van der Waals surface area contributed by atoms with Gasteiger partial charge >= 0.3 is 0 Å². The molecule has 0 aliphatic rings. The fourth-order valence-electron chi connectivity index (χ4n) is 2.87. The van der Waals surface area contributed by atoms with Crippen LogP contribution in [-0.2, 0) is 11.8 Å². The van der Waals surface area contributed by atoms with E-state index < -0.39 is 11.9 Å². The van der Waals surface area contributed by atoms with Crippen molar-refractivity contribution in [3.05, 3.63) is 64.7 Å². The molecule has 3 rings (SSSR count). The number of carbonyl (C=O) groups excluding carboxylic acids is 2. The van der Waals surface area contributed by atoms with Gasteiger partial charge in [-0.15, -0.1) is 10.2 Å². The van der Waals surface area contributed by atoms with E-state index in [2.05, 4.69) is 20.8 Å². The number of anilines is 1. The molecule has 0 bridgehead atoms. The number of thioether (sulfide) groups is 1. The molecule has 0 saturated carbocycles. The maximum atomic E-state index is 13.0. The first-order valence-corrected chi connectivity index (χ1v) is 10.9. The second-order valence-electron chi connectivity index (χ2n) is 6.78. The van der Waals surface area contributed by atoms with Gasteiger partial charge < -0.3 is 19.9 Å². The van der Waals surface area contributed by atoms with Crippen molar-refractivity contribution in [3.63, 3.8) is 0 Å². The molecule has 11 heteroatoms. The van der Waals surface area contributed by atoms with E-state index in [0.29, 0.717) is 33.0 Å². The molecule has 1 aromatic heterocycles. The Morgan fingerprint density at radius 2 is 1.94 bits per heavy atom. The smallest absolute Gasteiger partial charge is 0.251 e. The molecule has 0 spiro atoms. The zero-order valence-electron chi connectivity index (χ0n) is 17.6. The zero-order chi connectivity index (χ0) is 23.3. The van der Waals surface area contributed by atoms with Gasteiger partial charge in [-0.05, 0) is 49.4 Å². The third-order valence-corrected chi connectivity index (χ3v) is 5.73. The minimum atomic E-state index is -0.455. The van der Waals surface area contributed by atoms with E-state index in [-0.39, 0.29) is 17.6 Å².